The molecule has 0 bridgehead atoms. The smallest absolute Gasteiger partial charge is 0.235 e. The number of furan rings is 1. The van der Waals surface area contributed by atoms with Gasteiger partial charge in [0.2, 0.25) is 5.95 Å². The van der Waals surface area contributed by atoms with Crippen LogP contribution in [0.1, 0.15) is 13.3 Å². The summed E-state index contributed by atoms with van der Waals surface area (Å²) in [6, 6.07) is 45.2. The maximum Gasteiger partial charge on any atom is 0.235 e. The van der Waals surface area contributed by atoms with Crippen LogP contribution in [-0.4, -0.2) is 14.5 Å². The van der Waals surface area contributed by atoms with Crippen molar-refractivity contribution in [3.05, 3.63) is 138 Å². The largest absolute Gasteiger partial charge is 0.455 e. The molecule has 0 aliphatic heterocycles. The second-order valence-electron chi connectivity index (χ2n) is 13.4. The molecule has 7 aromatic carbocycles. The average Bonchev–Trinajstić information content (AvgIpc) is 3.71. The minimum atomic E-state index is 0.394. The number of rotatable bonds is 2. The Morgan fingerprint density at radius 3 is 2.29 bits per heavy atom. The van der Waals surface area contributed by atoms with E-state index in [4.69, 9.17) is 14.4 Å². The van der Waals surface area contributed by atoms with Gasteiger partial charge in [0.15, 0.2) is 0 Å². The lowest BCUT2D eigenvalue weighted by atomic mass is 9.95. The van der Waals surface area contributed by atoms with Crippen LogP contribution >= 0.6 is 0 Å². The van der Waals surface area contributed by atoms with Gasteiger partial charge in [-0.2, -0.15) is 0 Å². The molecule has 3 aromatic heterocycles. The second-order valence-corrected chi connectivity index (χ2v) is 13.4. The average molecular weight is 628 g/mol. The standard InChI is InChI=1S/C45H29N3O/c1-26-18-22-32-36(24-26)43-40(41-35-14-6-9-17-39(35)49-44(32)41)34-13-5-8-16-38(34)48(43)45-46-37-15-7-4-12-33(37)42(47-45)29-21-23-31-28(25-29)20-19-27-10-2-3-11-30(27)31/h2-17,19-26H,18H2,1H3. The maximum atomic E-state index is 6.66. The molecule has 4 heteroatoms. The summed E-state index contributed by atoms with van der Waals surface area (Å²) in [4.78, 5) is 10.8. The van der Waals surface area contributed by atoms with E-state index in [0.29, 0.717) is 11.9 Å². The number of hydrogen-bond acceptors (Lipinski definition) is 3. The lowest BCUT2D eigenvalue weighted by Crippen LogP contribution is -2.31. The molecule has 1 aliphatic carbocycles. The molecule has 0 N–H and O–H groups in total. The summed E-state index contributed by atoms with van der Waals surface area (Å²) in [5.74, 6) is 1.06. The first-order valence-corrected chi connectivity index (χ1v) is 17.0. The van der Waals surface area contributed by atoms with E-state index >= 15 is 0 Å². The molecule has 3 heterocycles. The minimum Gasteiger partial charge on any atom is -0.455 e. The molecule has 1 aliphatic rings. The molecule has 0 amide bonds. The molecular formula is C45H29N3O. The number of nitrogens with zero attached hydrogens (tertiary/aromatic N) is 3. The van der Waals surface area contributed by atoms with E-state index in [9.17, 15) is 0 Å². The summed E-state index contributed by atoms with van der Waals surface area (Å²) < 4.78 is 8.97. The number of aromatic nitrogens is 3. The summed E-state index contributed by atoms with van der Waals surface area (Å²) >= 11 is 0. The number of para-hydroxylation sites is 3. The van der Waals surface area contributed by atoms with Gasteiger partial charge in [-0.3, -0.25) is 4.57 Å². The topological polar surface area (TPSA) is 43.9 Å². The highest BCUT2D eigenvalue weighted by atomic mass is 16.3. The fourth-order valence-corrected chi connectivity index (χ4v) is 8.26. The number of benzene rings is 7. The Morgan fingerprint density at radius 1 is 0.633 bits per heavy atom. The third kappa shape index (κ3) is 3.74. The fourth-order valence-electron chi connectivity index (χ4n) is 8.26. The lowest BCUT2D eigenvalue weighted by molar-refractivity contribution is 0.664. The lowest BCUT2D eigenvalue weighted by Gasteiger charge is -2.14. The molecule has 1 unspecified atom stereocenters. The first-order chi connectivity index (χ1) is 24.2. The molecule has 230 valence electrons. The van der Waals surface area contributed by atoms with Crippen LogP contribution in [0.15, 0.2) is 132 Å². The molecule has 10 aromatic rings. The summed E-state index contributed by atoms with van der Waals surface area (Å²) in [5.41, 5.74) is 6.98. The molecular weight excluding hydrogens is 599 g/mol. The molecule has 0 spiro atoms. The van der Waals surface area contributed by atoms with Crippen LogP contribution in [0.4, 0.5) is 0 Å². The van der Waals surface area contributed by atoms with Gasteiger partial charge in [0.05, 0.1) is 22.2 Å². The Kier molecular flexibility index (Phi) is 5.40. The van der Waals surface area contributed by atoms with E-state index < -0.39 is 0 Å². The zero-order valence-electron chi connectivity index (χ0n) is 26.8. The van der Waals surface area contributed by atoms with Gasteiger partial charge in [-0.25, -0.2) is 9.97 Å². The van der Waals surface area contributed by atoms with Crippen molar-refractivity contribution in [2.24, 2.45) is 5.92 Å². The molecule has 0 saturated carbocycles. The molecule has 11 rings (SSSR count). The van der Waals surface area contributed by atoms with E-state index in [1.165, 1.54) is 37.5 Å². The minimum absolute atomic E-state index is 0.394. The fraction of sp³-hybridized carbons (Fsp3) is 0.0667. The monoisotopic (exact) mass is 627 g/mol. The second kappa shape index (κ2) is 9.88. The maximum absolute atomic E-state index is 6.66. The van der Waals surface area contributed by atoms with Crippen molar-refractivity contribution in [3.63, 3.8) is 0 Å². The van der Waals surface area contributed by atoms with E-state index in [1.54, 1.807) is 0 Å². The zero-order valence-corrected chi connectivity index (χ0v) is 26.8. The van der Waals surface area contributed by atoms with Crippen molar-refractivity contribution in [1.82, 2.24) is 14.5 Å². The van der Waals surface area contributed by atoms with E-state index in [1.807, 2.05) is 0 Å². The third-order valence-corrected chi connectivity index (χ3v) is 10.5. The van der Waals surface area contributed by atoms with Gasteiger partial charge >= 0.3 is 0 Å². The van der Waals surface area contributed by atoms with Crippen LogP contribution in [0.25, 0.3) is 106 Å². The zero-order chi connectivity index (χ0) is 32.2. The van der Waals surface area contributed by atoms with Gasteiger partial charge in [-0.15, -0.1) is 0 Å². The number of hydrogen-bond donors (Lipinski definition) is 0. The highest BCUT2D eigenvalue weighted by Gasteiger charge is 2.24. The van der Waals surface area contributed by atoms with Crippen molar-refractivity contribution < 1.29 is 4.42 Å². The Balaban J connectivity index is 1.29. The third-order valence-electron chi connectivity index (χ3n) is 10.5. The van der Waals surface area contributed by atoms with Gasteiger partial charge < -0.3 is 4.42 Å². The van der Waals surface area contributed by atoms with E-state index in [2.05, 4.69) is 151 Å². The molecule has 0 radical (unpaired) electrons. The molecule has 4 nitrogen and oxygen atoms in total. The van der Waals surface area contributed by atoms with Crippen molar-refractivity contribution in [3.8, 4) is 17.2 Å². The van der Waals surface area contributed by atoms with Crippen LogP contribution in [0.3, 0.4) is 0 Å². The normalized spacial score (nSPS) is 14.7. The Hall–Kier alpha value is -6.26. The van der Waals surface area contributed by atoms with Crippen molar-refractivity contribution in [2.75, 3.05) is 0 Å². The van der Waals surface area contributed by atoms with E-state index in [-0.39, 0.29) is 0 Å². The Labute approximate surface area is 280 Å². The van der Waals surface area contributed by atoms with Crippen molar-refractivity contribution >= 4 is 88.3 Å². The van der Waals surface area contributed by atoms with Crippen LogP contribution in [0.2, 0.25) is 0 Å². The Morgan fingerprint density at radius 2 is 1.37 bits per heavy atom. The van der Waals surface area contributed by atoms with Crippen LogP contribution < -0.4 is 10.4 Å². The van der Waals surface area contributed by atoms with Gasteiger partial charge in [-0.05, 0) is 58.1 Å². The van der Waals surface area contributed by atoms with Crippen LogP contribution in [-0.2, 0) is 0 Å². The molecule has 0 saturated heterocycles. The molecule has 1 atom stereocenters. The summed E-state index contributed by atoms with van der Waals surface area (Å²) in [6.45, 7) is 2.29. The highest BCUT2D eigenvalue weighted by Crippen LogP contribution is 2.40. The van der Waals surface area contributed by atoms with Crippen LogP contribution in [0, 0.1) is 5.92 Å². The van der Waals surface area contributed by atoms with Gasteiger partial charge in [0, 0.05) is 42.9 Å². The predicted molar refractivity (Wildman–Crippen MR) is 204 cm³/mol. The summed E-state index contributed by atoms with van der Waals surface area (Å²) in [7, 11) is 0. The van der Waals surface area contributed by atoms with Gasteiger partial charge in [-0.1, -0.05) is 122 Å². The summed E-state index contributed by atoms with van der Waals surface area (Å²) in [6.07, 6.45) is 5.74. The molecule has 49 heavy (non-hydrogen) atoms. The first kappa shape index (κ1) is 26.8. The quantitative estimate of drug-likeness (QED) is 0.179. The molecule has 0 fully saturated rings. The SMILES string of the molecule is CC1C=c2c(c3oc4ccccc4c3c3c4ccccc4n(-c4nc(-c5ccc6c(ccc7ccccc76)c5)c5ccccc5n4)c23)=CC1. The van der Waals surface area contributed by atoms with Gasteiger partial charge in [0.25, 0.3) is 0 Å². The summed E-state index contributed by atoms with van der Waals surface area (Å²) in [5, 5.41) is 13.0. The van der Waals surface area contributed by atoms with Crippen LogP contribution in [0.5, 0.6) is 0 Å². The van der Waals surface area contributed by atoms with E-state index in [0.717, 1.165) is 66.8 Å². The van der Waals surface area contributed by atoms with Crippen molar-refractivity contribution in [1.29, 1.82) is 0 Å². The number of fused-ring (bicyclic) bond motifs is 14. The van der Waals surface area contributed by atoms with Crippen molar-refractivity contribution in [2.45, 2.75) is 13.3 Å². The first-order valence-electron chi connectivity index (χ1n) is 17.0. The predicted octanol–water partition coefficient (Wildman–Crippen LogP) is 10.2. The Bertz CT molecular complexity index is 3160. The highest BCUT2D eigenvalue weighted by molar-refractivity contribution is 6.27. The van der Waals surface area contributed by atoms with Gasteiger partial charge in [0.1, 0.15) is 11.2 Å².